The van der Waals surface area contributed by atoms with Gasteiger partial charge in [0.05, 0.1) is 0 Å². The molecule has 0 fully saturated rings. The molecule has 0 aliphatic rings. The summed E-state index contributed by atoms with van der Waals surface area (Å²) in [5, 5.41) is 1.42. The van der Waals surface area contributed by atoms with Crippen molar-refractivity contribution in [3.8, 4) is 0 Å². The first-order chi connectivity index (χ1) is 11.5. The van der Waals surface area contributed by atoms with Gasteiger partial charge < -0.3 is 0 Å². The van der Waals surface area contributed by atoms with Crippen molar-refractivity contribution in [3.63, 3.8) is 0 Å². The summed E-state index contributed by atoms with van der Waals surface area (Å²) in [6.07, 6.45) is 6.05. The van der Waals surface area contributed by atoms with Crippen molar-refractivity contribution in [2.75, 3.05) is 0 Å². The van der Waals surface area contributed by atoms with E-state index < -0.39 is 10.1 Å². The van der Waals surface area contributed by atoms with Crippen molar-refractivity contribution in [2.45, 2.75) is 31.1 Å². The van der Waals surface area contributed by atoms with Crippen LogP contribution in [0.1, 0.15) is 25.3 Å². The van der Waals surface area contributed by atoms with Crippen molar-refractivity contribution >= 4 is 20.9 Å². The molecule has 0 radical (unpaired) electrons. The molecule has 0 aliphatic carbocycles. The summed E-state index contributed by atoms with van der Waals surface area (Å²) in [5.74, 6) is 0. The largest absolute Gasteiger partial charge is 0.295 e. The molecular weight excluding hydrogens is 322 g/mol. The normalized spacial score (nSPS) is 10.9. The minimum Gasteiger partial charge on any atom is -0.282 e. The van der Waals surface area contributed by atoms with E-state index in [4.69, 9.17) is 0 Å². The molecule has 0 aliphatic heterocycles. The lowest BCUT2D eigenvalue weighted by atomic mass is 10.0. The van der Waals surface area contributed by atoms with Crippen LogP contribution in [0.25, 0.3) is 10.8 Å². The fourth-order valence-corrected chi connectivity index (χ4v) is 3.43. The highest BCUT2D eigenvalue weighted by Crippen LogP contribution is 2.27. The van der Waals surface area contributed by atoms with Crippen molar-refractivity contribution in [3.05, 3.63) is 72.6 Å². The zero-order valence-corrected chi connectivity index (χ0v) is 14.4. The Morgan fingerprint density at radius 2 is 1.67 bits per heavy atom. The SMILES string of the molecule is CCCCc1ccc2ccccc2c1S(=O)(=O)O.c1ccncc1. The first kappa shape index (κ1) is 18.1. The lowest BCUT2D eigenvalue weighted by Gasteiger charge is -2.10. The second-order valence-corrected chi connectivity index (χ2v) is 6.74. The maximum atomic E-state index is 11.6. The van der Waals surface area contributed by atoms with Gasteiger partial charge in [-0.2, -0.15) is 8.42 Å². The van der Waals surface area contributed by atoms with Crippen LogP contribution in [0.15, 0.2) is 71.9 Å². The molecule has 0 saturated carbocycles. The lowest BCUT2D eigenvalue weighted by Crippen LogP contribution is -2.04. The Bertz CT molecular complexity index is 851. The molecule has 0 saturated heterocycles. The zero-order chi connectivity index (χ0) is 17.4. The summed E-state index contributed by atoms with van der Waals surface area (Å²) in [4.78, 5) is 3.85. The Morgan fingerprint density at radius 3 is 2.21 bits per heavy atom. The van der Waals surface area contributed by atoms with E-state index in [0.29, 0.717) is 17.4 Å². The lowest BCUT2D eigenvalue weighted by molar-refractivity contribution is 0.483. The van der Waals surface area contributed by atoms with Gasteiger partial charge in [0.1, 0.15) is 4.90 Å². The zero-order valence-electron chi connectivity index (χ0n) is 13.6. The van der Waals surface area contributed by atoms with Crippen LogP contribution < -0.4 is 0 Å². The number of aromatic nitrogens is 1. The molecule has 24 heavy (non-hydrogen) atoms. The van der Waals surface area contributed by atoms with Crippen LogP contribution in [0.2, 0.25) is 0 Å². The quantitative estimate of drug-likeness (QED) is 0.708. The fourth-order valence-electron chi connectivity index (χ4n) is 2.47. The number of hydrogen-bond donors (Lipinski definition) is 1. The molecule has 1 heterocycles. The van der Waals surface area contributed by atoms with Gasteiger partial charge in [0, 0.05) is 17.8 Å². The van der Waals surface area contributed by atoms with E-state index in [1.54, 1.807) is 30.6 Å². The van der Waals surface area contributed by atoms with Gasteiger partial charge in [0.2, 0.25) is 0 Å². The van der Waals surface area contributed by atoms with Gasteiger partial charge in [-0.05, 0) is 35.9 Å². The monoisotopic (exact) mass is 343 g/mol. The Balaban J connectivity index is 0.000000292. The van der Waals surface area contributed by atoms with E-state index in [1.807, 2.05) is 43.3 Å². The van der Waals surface area contributed by atoms with E-state index in [0.717, 1.165) is 18.2 Å². The molecule has 1 N–H and O–H groups in total. The third-order valence-electron chi connectivity index (χ3n) is 3.59. The second-order valence-electron chi connectivity index (χ2n) is 5.38. The fraction of sp³-hybridized carbons (Fsp3) is 0.211. The van der Waals surface area contributed by atoms with E-state index in [2.05, 4.69) is 4.98 Å². The standard InChI is InChI=1S/C14H16O3S.C5H5N/c1-2-3-6-12-10-9-11-7-4-5-8-13(11)14(12)18(15,16)17;1-2-4-6-5-3-1/h4-5,7-10H,2-3,6H2,1H3,(H,15,16,17);1-5H. The highest BCUT2D eigenvalue weighted by Gasteiger charge is 2.18. The number of unbranched alkanes of at least 4 members (excludes halogenated alkanes) is 1. The molecule has 126 valence electrons. The molecule has 0 bridgehead atoms. The number of rotatable bonds is 4. The van der Waals surface area contributed by atoms with Crippen LogP contribution in [0.4, 0.5) is 0 Å². The predicted octanol–water partition coefficient (Wildman–Crippen LogP) is 4.51. The summed E-state index contributed by atoms with van der Waals surface area (Å²) in [5.41, 5.74) is 0.693. The number of benzene rings is 2. The highest BCUT2D eigenvalue weighted by atomic mass is 32.2. The minimum absolute atomic E-state index is 0.0639. The molecule has 5 heteroatoms. The summed E-state index contributed by atoms with van der Waals surface area (Å²) >= 11 is 0. The van der Waals surface area contributed by atoms with Gasteiger partial charge in [0.15, 0.2) is 0 Å². The number of aryl methyl sites for hydroxylation is 1. The van der Waals surface area contributed by atoms with Gasteiger partial charge in [0.25, 0.3) is 10.1 Å². The third kappa shape index (κ3) is 4.88. The molecule has 4 nitrogen and oxygen atoms in total. The Kier molecular flexibility index (Phi) is 6.46. The van der Waals surface area contributed by atoms with Gasteiger partial charge in [-0.25, -0.2) is 0 Å². The summed E-state index contributed by atoms with van der Waals surface area (Å²) in [6.45, 7) is 2.05. The van der Waals surface area contributed by atoms with Crippen molar-refractivity contribution in [2.24, 2.45) is 0 Å². The Hall–Kier alpha value is -2.24. The van der Waals surface area contributed by atoms with E-state index in [9.17, 15) is 13.0 Å². The van der Waals surface area contributed by atoms with Crippen LogP contribution in [0, 0.1) is 0 Å². The number of nitrogens with zero attached hydrogens (tertiary/aromatic N) is 1. The smallest absolute Gasteiger partial charge is 0.282 e. The van der Waals surface area contributed by atoms with E-state index in [-0.39, 0.29) is 4.90 Å². The molecule has 3 rings (SSSR count). The summed E-state index contributed by atoms with van der Waals surface area (Å²) in [7, 11) is -4.19. The van der Waals surface area contributed by atoms with Crippen LogP contribution in [-0.2, 0) is 16.5 Å². The molecule has 1 aromatic heterocycles. The molecular formula is C19H21NO3S. The first-order valence-corrected chi connectivity index (χ1v) is 9.31. The van der Waals surface area contributed by atoms with Gasteiger partial charge in [-0.15, -0.1) is 0 Å². The van der Waals surface area contributed by atoms with E-state index >= 15 is 0 Å². The molecule has 0 spiro atoms. The molecule has 0 atom stereocenters. The first-order valence-electron chi connectivity index (χ1n) is 7.87. The maximum Gasteiger partial charge on any atom is 0.295 e. The van der Waals surface area contributed by atoms with Crippen LogP contribution in [0.5, 0.6) is 0 Å². The third-order valence-corrected chi connectivity index (χ3v) is 4.58. The average molecular weight is 343 g/mol. The summed E-state index contributed by atoms with van der Waals surface area (Å²) in [6, 6.07) is 16.6. The van der Waals surface area contributed by atoms with Crippen LogP contribution >= 0.6 is 0 Å². The summed E-state index contributed by atoms with van der Waals surface area (Å²) < 4.78 is 32.6. The number of fused-ring (bicyclic) bond motifs is 1. The van der Waals surface area contributed by atoms with Gasteiger partial charge in [-0.3, -0.25) is 9.54 Å². The molecule has 3 aromatic rings. The molecule has 2 aromatic carbocycles. The molecule has 0 unspecified atom stereocenters. The van der Waals surface area contributed by atoms with Crippen molar-refractivity contribution in [1.82, 2.24) is 4.98 Å². The maximum absolute atomic E-state index is 11.6. The highest BCUT2D eigenvalue weighted by molar-refractivity contribution is 7.86. The van der Waals surface area contributed by atoms with Crippen LogP contribution in [-0.4, -0.2) is 18.0 Å². The Morgan fingerprint density at radius 1 is 0.958 bits per heavy atom. The topological polar surface area (TPSA) is 67.3 Å². The molecule has 0 amide bonds. The van der Waals surface area contributed by atoms with Gasteiger partial charge in [-0.1, -0.05) is 55.8 Å². The second kappa shape index (κ2) is 8.57. The number of hydrogen-bond acceptors (Lipinski definition) is 3. The van der Waals surface area contributed by atoms with E-state index in [1.165, 1.54) is 0 Å². The predicted molar refractivity (Wildman–Crippen MR) is 96.6 cm³/mol. The van der Waals surface area contributed by atoms with Crippen molar-refractivity contribution < 1.29 is 13.0 Å². The Labute approximate surface area is 142 Å². The number of pyridine rings is 1. The van der Waals surface area contributed by atoms with Crippen molar-refractivity contribution in [1.29, 1.82) is 0 Å². The van der Waals surface area contributed by atoms with Gasteiger partial charge >= 0.3 is 0 Å². The van der Waals surface area contributed by atoms with Crippen LogP contribution in [0.3, 0.4) is 0 Å². The minimum atomic E-state index is -4.19. The average Bonchev–Trinajstić information content (AvgIpc) is 2.60.